The molecule has 0 aliphatic carbocycles. The number of carbonyl (C=O) groups is 1. The van der Waals surface area contributed by atoms with Crippen molar-refractivity contribution in [1.82, 2.24) is 9.80 Å². The minimum Gasteiger partial charge on any atom is -0.479 e. The summed E-state index contributed by atoms with van der Waals surface area (Å²) >= 11 is 6.12. The largest absolute Gasteiger partial charge is 0.479 e. The highest BCUT2D eigenvalue weighted by Gasteiger charge is 2.26. The molecule has 1 aliphatic rings. The molecular weight excluding hydrogens is 300 g/mol. The van der Waals surface area contributed by atoms with Gasteiger partial charge < -0.3 is 9.64 Å². The molecule has 0 bridgehead atoms. The number of nitrogens with zero attached hydrogens (tertiary/aromatic N) is 2. The van der Waals surface area contributed by atoms with Crippen molar-refractivity contribution in [2.45, 2.75) is 20.0 Å². The third kappa shape index (κ3) is 4.24. The lowest BCUT2D eigenvalue weighted by atomic mass is 10.2. The zero-order valence-electron chi connectivity index (χ0n) is 13.2. The van der Waals surface area contributed by atoms with E-state index in [9.17, 15) is 4.79 Å². The Labute approximate surface area is 137 Å². The summed E-state index contributed by atoms with van der Waals surface area (Å²) < 4.78 is 5.76. The van der Waals surface area contributed by atoms with Crippen molar-refractivity contribution in [3.63, 3.8) is 0 Å². The molecular formula is C17H23ClN2O2. The van der Waals surface area contributed by atoms with Crippen LogP contribution in [0.2, 0.25) is 5.02 Å². The molecule has 1 unspecified atom stereocenters. The standard InChI is InChI=1S/C17H23ClN2O2/c1-4-7-19-8-10-20(11-9-19)17(21)14(3)22-16-12-13(2)5-6-15(16)18/h4-6,12,14H,1,7-11H2,2-3H3. The van der Waals surface area contributed by atoms with Crippen LogP contribution in [0.1, 0.15) is 12.5 Å². The molecule has 1 aromatic rings. The summed E-state index contributed by atoms with van der Waals surface area (Å²) in [6.45, 7) is 11.5. The second-order valence-corrected chi connectivity index (χ2v) is 6.02. The van der Waals surface area contributed by atoms with Crippen LogP contribution in [0.4, 0.5) is 0 Å². The SMILES string of the molecule is C=CCN1CCN(C(=O)C(C)Oc2cc(C)ccc2Cl)CC1. The minimum atomic E-state index is -0.537. The van der Waals surface area contributed by atoms with E-state index in [2.05, 4.69) is 11.5 Å². The van der Waals surface area contributed by atoms with Crippen molar-refractivity contribution in [2.75, 3.05) is 32.7 Å². The molecule has 1 saturated heterocycles. The number of aryl methyl sites for hydroxylation is 1. The third-order valence-electron chi connectivity index (χ3n) is 3.81. The van der Waals surface area contributed by atoms with Crippen LogP contribution in [-0.4, -0.2) is 54.5 Å². The van der Waals surface area contributed by atoms with Crippen LogP contribution in [-0.2, 0) is 4.79 Å². The van der Waals surface area contributed by atoms with Gasteiger partial charge in [-0.2, -0.15) is 0 Å². The third-order valence-corrected chi connectivity index (χ3v) is 4.12. The average Bonchev–Trinajstić information content (AvgIpc) is 2.51. The zero-order valence-corrected chi connectivity index (χ0v) is 14.0. The summed E-state index contributed by atoms with van der Waals surface area (Å²) in [7, 11) is 0. The van der Waals surface area contributed by atoms with Crippen LogP contribution >= 0.6 is 11.6 Å². The molecule has 5 heteroatoms. The summed E-state index contributed by atoms with van der Waals surface area (Å²) in [5.41, 5.74) is 1.05. The Bertz CT molecular complexity index is 539. The number of halogens is 1. The van der Waals surface area contributed by atoms with E-state index < -0.39 is 6.10 Å². The molecule has 1 heterocycles. The summed E-state index contributed by atoms with van der Waals surface area (Å²) in [6, 6.07) is 5.56. The Morgan fingerprint density at radius 2 is 2.09 bits per heavy atom. The van der Waals surface area contributed by atoms with E-state index in [1.807, 2.05) is 30.0 Å². The van der Waals surface area contributed by atoms with Crippen molar-refractivity contribution in [1.29, 1.82) is 0 Å². The van der Waals surface area contributed by atoms with Gasteiger partial charge in [0.05, 0.1) is 5.02 Å². The second-order valence-electron chi connectivity index (χ2n) is 5.61. The van der Waals surface area contributed by atoms with E-state index >= 15 is 0 Å². The molecule has 0 spiro atoms. The first kappa shape index (κ1) is 16.8. The highest BCUT2D eigenvalue weighted by atomic mass is 35.5. The minimum absolute atomic E-state index is 0.0100. The van der Waals surface area contributed by atoms with Gasteiger partial charge in [-0.3, -0.25) is 9.69 Å². The van der Waals surface area contributed by atoms with E-state index in [-0.39, 0.29) is 5.91 Å². The van der Waals surface area contributed by atoms with Gasteiger partial charge in [-0.15, -0.1) is 6.58 Å². The molecule has 1 fully saturated rings. The molecule has 0 aromatic heterocycles. The van der Waals surface area contributed by atoms with Gasteiger partial charge >= 0.3 is 0 Å². The van der Waals surface area contributed by atoms with Gasteiger partial charge in [0.25, 0.3) is 5.91 Å². The number of ether oxygens (including phenoxy) is 1. The van der Waals surface area contributed by atoms with E-state index in [0.29, 0.717) is 10.8 Å². The van der Waals surface area contributed by atoms with Crippen molar-refractivity contribution in [3.8, 4) is 5.75 Å². The molecule has 2 rings (SSSR count). The maximum atomic E-state index is 12.5. The summed E-state index contributed by atoms with van der Waals surface area (Å²) in [4.78, 5) is 16.6. The fourth-order valence-corrected chi connectivity index (χ4v) is 2.69. The number of carbonyl (C=O) groups excluding carboxylic acids is 1. The monoisotopic (exact) mass is 322 g/mol. The average molecular weight is 323 g/mol. The van der Waals surface area contributed by atoms with Gasteiger partial charge in [-0.1, -0.05) is 23.7 Å². The molecule has 4 nitrogen and oxygen atoms in total. The first-order valence-electron chi connectivity index (χ1n) is 7.56. The highest BCUT2D eigenvalue weighted by Crippen LogP contribution is 2.26. The lowest BCUT2D eigenvalue weighted by molar-refractivity contribution is -0.139. The Morgan fingerprint density at radius 1 is 1.41 bits per heavy atom. The molecule has 1 aliphatic heterocycles. The van der Waals surface area contributed by atoms with Crippen molar-refractivity contribution >= 4 is 17.5 Å². The zero-order chi connectivity index (χ0) is 16.1. The van der Waals surface area contributed by atoms with Crippen LogP contribution in [0, 0.1) is 6.92 Å². The van der Waals surface area contributed by atoms with Gasteiger partial charge in [-0.25, -0.2) is 0 Å². The van der Waals surface area contributed by atoms with Crippen LogP contribution in [0.5, 0.6) is 5.75 Å². The highest BCUT2D eigenvalue weighted by molar-refractivity contribution is 6.32. The summed E-state index contributed by atoms with van der Waals surface area (Å²) in [5, 5.41) is 0.529. The van der Waals surface area contributed by atoms with Crippen molar-refractivity contribution < 1.29 is 9.53 Å². The molecule has 0 radical (unpaired) electrons. The van der Waals surface area contributed by atoms with Gasteiger partial charge in [0, 0.05) is 32.7 Å². The molecule has 0 saturated carbocycles. The van der Waals surface area contributed by atoms with Crippen LogP contribution in [0.3, 0.4) is 0 Å². The predicted octanol–water partition coefficient (Wildman–Crippen LogP) is 2.75. The van der Waals surface area contributed by atoms with Crippen molar-refractivity contribution in [3.05, 3.63) is 41.4 Å². The second kappa shape index (κ2) is 7.65. The van der Waals surface area contributed by atoms with Crippen molar-refractivity contribution in [2.24, 2.45) is 0 Å². The summed E-state index contributed by atoms with van der Waals surface area (Å²) in [5.74, 6) is 0.573. The number of hydrogen-bond donors (Lipinski definition) is 0. The quantitative estimate of drug-likeness (QED) is 0.781. The van der Waals surface area contributed by atoms with E-state index in [0.717, 1.165) is 38.3 Å². The van der Waals surface area contributed by atoms with Gasteiger partial charge in [-0.05, 0) is 31.5 Å². The Morgan fingerprint density at radius 3 is 2.73 bits per heavy atom. The van der Waals surface area contributed by atoms with E-state index in [4.69, 9.17) is 16.3 Å². The number of rotatable bonds is 5. The summed E-state index contributed by atoms with van der Waals surface area (Å²) in [6.07, 6.45) is 1.36. The molecule has 120 valence electrons. The fourth-order valence-electron chi connectivity index (χ4n) is 2.53. The molecule has 1 amide bonds. The van der Waals surface area contributed by atoms with Crippen LogP contribution < -0.4 is 4.74 Å². The first-order chi connectivity index (χ1) is 10.5. The topological polar surface area (TPSA) is 32.8 Å². The smallest absolute Gasteiger partial charge is 0.263 e. The lowest BCUT2D eigenvalue weighted by Crippen LogP contribution is -2.51. The van der Waals surface area contributed by atoms with Gasteiger partial charge in [0.1, 0.15) is 5.75 Å². The Balaban J connectivity index is 1.92. The molecule has 0 N–H and O–H groups in total. The Kier molecular flexibility index (Phi) is 5.86. The molecule has 1 atom stereocenters. The van der Waals surface area contributed by atoms with Gasteiger partial charge in [0.15, 0.2) is 6.10 Å². The predicted molar refractivity (Wildman–Crippen MR) is 89.5 cm³/mol. The Hall–Kier alpha value is -1.52. The maximum Gasteiger partial charge on any atom is 0.263 e. The van der Waals surface area contributed by atoms with Crippen LogP contribution in [0.25, 0.3) is 0 Å². The lowest BCUT2D eigenvalue weighted by Gasteiger charge is -2.35. The number of benzene rings is 1. The number of piperazine rings is 1. The normalized spacial score (nSPS) is 17.1. The fraction of sp³-hybridized carbons (Fsp3) is 0.471. The first-order valence-corrected chi connectivity index (χ1v) is 7.94. The van der Waals surface area contributed by atoms with E-state index in [1.54, 1.807) is 13.0 Å². The maximum absolute atomic E-state index is 12.5. The number of amides is 1. The molecule has 1 aromatic carbocycles. The molecule has 22 heavy (non-hydrogen) atoms. The van der Waals surface area contributed by atoms with E-state index in [1.165, 1.54) is 0 Å². The van der Waals surface area contributed by atoms with Crippen LogP contribution in [0.15, 0.2) is 30.9 Å². The number of hydrogen-bond acceptors (Lipinski definition) is 3. The van der Waals surface area contributed by atoms with Gasteiger partial charge in [0.2, 0.25) is 0 Å².